The number of aliphatic carboxylic acids is 1. The zero-order chi connectivity index (χ0) is 9.14. The first-order valence-electron chi connectivity index (χ1n) is 3.83. The van der Waals surface area contributed by atoms with Gasteiger partial charge in [-0.25, -0.2) is 9.59 Å². The van der Waals surface area contributed by atoms with Crippen molar-refractivity contribution in [3.63, 3.8) is 0 Å². The Morgan fingerprint density at radius 1 is 1.83 bits per heavy atom. The molecule has 0 radical (unpaired) electrons. The molecule has 1 rings (SSSR count). The van der Waals surface area contributed by atoms with E-state index in [2.05, 4.69) is 4.74 Å². The number of cyclic esters (lactones) is 1. The van der Waals surface area contributed by atoms with Gasteiger partial charge in [0, 0.05) is 13.0 Å². The van der Waals surface area contributed by atoms with Gasteiger partial charge in [-0.05, 0) is 6.92 Å². The molecular weight excluding hydrogens is 162 g/mol. The SMILES string of the molecule is CCN1C(=O)OCCC1C(=O)O. The summed E-state index contributed by atoms with van der Waals surface area (Å²) in [4.78, 5) is 22.8. The number of likely N-dealkylation sites (N-methyl/N-ethyl adjacent to an activating group) is 1. The second-order valence-corrected chi connectivity index (χ2v) is 2.54. The molecule has 1 N–H and O–H groups in total. The van der Waals surface area contributed by atoms with Gasteiger partial charge in [0.1, 0.15) is 6.04 Å². The van der Waals surface area contributed by atoms with Crippen LogP contribution in [0.5, 0.6) is 0 Å². The molecule has 1 heterocycles. The summed E-state index contributed by atoms with van der Waals surface area (Å²) in [6.45, 7) is 2.30. The maximum absolute atomic E-state index is 11.0. The largest absolute Gasteiger partial charge is 0.480 e. The number of hydrogen-bond donors (Lipinski definition) is 1. The lowest BCUT2D eigenvalue weighted by Crippen LogP contribution is -2.49. The van der Waals surface area contributed by atoms with Crippen LogP contribution in [0.25, 0.3) is 0 Å². The molecule has 0 spiro atoms. The van der Waals surface area contributed by atoms with Crippen molar-refractivity contribution in [2.24, 2.45) is 0 Å². The Balaban J connectivity index is 2.70. The molecule has 0 aliphatic carbocycles. The second-order valence-electron chi connectivity index (χ2n) is 2.54. The van der Waals surface area contributed by atoms with Gasteiger partial charge in [0.25, 0.3) is 0 Å². The zero-order valence-corrected chi connectivity index (χ0v) is 6.82. The summed E-state index contributed by atoms with van der Waals surface area (Å²) in [5, 5.41) is 8.71. The molecule has 0 aromatic heterocycles. The van der Waals surface area contributed by atoms with Gasteiger partial charge in [-0.2, -0.15) is 0 Å². The van der Waals surface area contributed by atoms with Crippen LogP contribution in [0, 0.1) is 0 Å². The standard InChI is InChI=1S/C7H11NO4/c1-2-8-5(6(9)10)3-4-12-7(8)11/h5H,2-4H2,1H3,(H,9,10). The molecule has 1 amide bonds. The molecule has 1 aliphatic rings. The number of rotatable bonds is 2. The highest BCUT2D eigenvalue weighted by Crippen LogP contribution is 2.12. The Morgan fingerprint density at radius 2 is 2.50 bits per heavy atom. The first-order chi connectivity index (χ1) is 5.66. The first-order valence-corrected chi connectivity index (χ1v) is 3.83. The van der Waals surface area contributed by atoms with Crippen LogP contribution < -0.4 is 0 Å². The van der Waals surface area contributed by atoms with Gasteiger partial charge in [-0.15, -0.1) is 0 Å². The molecule has 5 heteroatoms. The van der Waals surface area contributed by atoms with Gasteiger partial charge in [0.2, 0.25) is 0 Å². The Morgan fingerprint density at radius 3 is 2.92 bits per heavy atom. The van der Waals surface area contributed by atoms with Crippen molar-refractivity contribution in [3.05, 3.63) is 0 Å². The highest BCUT2D eigenvalue weighted by Gasteiger charge is 2.33. The third kappa shape index (κ3) is 1.49. The number of hydrogen-bond acceptors (Lipinski definition) is 3. The summed E-state index contributed by atoms with van der Waals surface area (Å²) in [5.74, 6) is -0.964. The van der Waals surface area contributed by atoms with E-state index in [0.717, 1.165) is 0 Å². The Bertz CT molecular complexity index is 204. The summed E-state index contributed by atoms with van der Waals surface area (Å²) in [7, 11) is 0. The van der Waals surface area contributed by atoms with Gasteiger partial charge in [-0.1, -0.05) is 0 Å². The fourth-order valence-corrected chi connectivity index (χ4v) is 1.23. The monoisotopic (exact) mass is 173 g/mol. The molecule has 12 heavy (non-hydrogen) atoms. The molecule has 5 nitrogen and oxygen atoms in total. The molecule has 1 saturated heterocycles. The Labute approximate surface area is 69.9 Å². The van der Waals surface area contributed by atoms with Crippen molar-refractivity contribution in [1.82, 2.24) is 4.90 Å². The molecule has 1 aliphatic heterocycles. The van der Waals surface area contributed by atoms with Crippen molar-refractivity contribution < 1.29 is 19.4 Å². The smallest absolute Gasteiger partial charge is 0.410 e. The summed E-state index contributed by atoms with van der Waals surface area (Å²) in [5.41, 5.74) is 0. The Hall–Kier alpha value is -1.26. The van der Waals surface area contributed by atoms with Crippen LogP contribution in [0.3, 0.4) is 0 Å². The van der Waals surface area contributed by atoms with Gasteiger partial charge in [0.05, 0.1) is 6.61 Å². The average molecular weight is 173 g/mol. The predicted octanol–water partition coefficient (Wildman–Crippen LogP) is 0.302. The molecule has 68 valence electrons. The normalized spacial score (nSPS) is 23.6. The molecule has 0 saturated carbocycles. The number of carboxylic acid groups (broad SMARTS) is 1. The first kappa shape index (κ1) is 8.83. The van der Waals surface area contributed by atoms with E-state index < -0.39 is 18.1 Å². The molecule has 1 atom stereocenters. The van der Waals surface area contributed by atoms with Gasteiger partial charge in [-0.3, -0.25) is 4.90 Å². The van der Waals surface area contributed by atoms with Crippen molar-refractivity contribution in [1.29, 1.82) is 0 Å². The molecule has 0 aromatic rings. The van der Waals surface area contributed by atoms with E-state index in [-0.39, 0.29) is 6.61 Å². The van der Waals surface area contributed by atoms with Crippen molar-refractivity contribution in [3.8, 4) is 0 Å². The zero-order valence-electron chi connectivity index (χ0n) is 6.82. The minimum atomic E-state index is -0.964. The highest BCUT2D eigenvalue weighted by molar-refractivity contribution is 5.80. The lowest BCUT2D eigenvalue weighted by molar-refractivity contribution is -0.144. The minimum Gasteiger partial charge on any atom is -0.480 e. The number of ether oxygens (including phenoxy) is 1. The predicted molar refractivity (Wildman–Crippen MR) is 39.8 cm³/mol. The van der Waals surface area contributed by atoms with E-state index in [1.807, 2.05) is 0 Å². The number of amides is 1. The fourth-order valence-electron chi connectivity index (χ4n) is 1.23. The van der Waals surface area contributed by atoms with E-state index in [0.29, 0.717) is 13.0 Å². The minimum absolute atomic E-state index is 0.201. The molecule has 0 bridgehead atoms. The summed E-state index contributed by atoms with van der Waals surface area (Å²) >= 11 is 0. The van der Waals surface area contributed by atoms with E-state index in [1.165, 1.54) is 4.90 Å². The lowest BCUT2D eigenvalue weighted by atomic mass is 10.2. The van der Waals surface area contributed by atoms with E-state index in [1.54, 1.807) is 6.92 Å². The summed E-state index contributed by atoms with van der Waals surface area (Å²) in [6, 6.07) is -0.712. The van der Waals surface area contributed by atoms with Crippen molar-refractivity contribution in [2.45, 2.75) is 19.4 Å². The number of carboxylic acids is 1. The number of nitrogens with zero attached hydrogens (tertiary/aromatic N) is 1. The second kappa shape index (κ2) is 3.42. The topological polar surface area (TPSA) is 66.8 Å². The van der Waals surface area contributed by atoms with Crippen LogP contribution in [-0.4, -0.2) is 41.3 Å². The Kier molecular flexibility index (Phi) is 2.52. The van der Waals surface area contributed by atoms with Crippen LogP contribution in [0.15, 0.2) is 0 Å². The molecular formula is C7H11NO4. The van der Waals surface area contributed by atoms with Gasteiger partial charge >= 0.3 is 12.1 Å². The van der Waals surface area contributed by atoms with Crippen LogP contribution in [0.1, 0.15) is 13.3 Å². The van der Waals surface area contributed by atoms with Crippen LogP contribution >= 0.6 is 0 Å². The summed E-state index contributed by atoms with van der Waals surface area (Å²) in [6.07, 6.45) is -0.161. The third-order valence-corrected chi connectivity index (χ3v) is 1.85. The quantitative estimate of drug-likeness (QED) is 0.652. The van der Waals surface area contributed by atoms with Crippen molar-refractivity contribution in [2.75, 3.05) is 13.2 Å². The van der Waals surface area contributed by atoms with Crippen LogP contribution in [0.2, 0.25) is 0 Å². The molecule has 1 fully saturated rings. The maximum Gasteiger partial charge on any atom is 0.410 e. The number of carbonyl (C=O) groups excluding carboxylic acids is 1. The van der Waals surface area contributed by atoms with Crippen molar-refractivity contribution >= 4 is 12.1 Å². The van der Waals surface area contributed by atoms with E-state index in [9.17, 15) is 9.59 Å². The molecule has 0 aromatic carbocycles. The summed E-state index contributed by atoms with van der Waals surface area (Å²) < 4.78 is 4.69. The van der Waals surface area contributed by atoms with Gasteiger partial charge < -0.3 is 9.84 Å². The third-order valence-electron chi connectivity index (χ3n) is 1.85. The fraction of sp³-hybridized carbons (Fsp3) is 0.714. The average Bonchev–Trinajstić information content (AvgIpc) is 2.03. The number of carbonyl (C=O) groups is 2. The van der Waals surface area contributed by atoms with Crippen LogP contribution in [-0.2, 0) is 9.53 Å². The van der Waals surface area contributed by atoms with Gasteiger partial charge in [0.15, 0.2) is 0 Å². The van der Waals surface area contributed by atoms with E-state index in [4.69, 9.17) is 5.11 Å². The maximum atomic E-state index is 11.0. The lowest BCUT2D eigenvalue weighted by Gasteiger charge is -2.30. The van der Waals surface area contributed by atoms with E-state index >= 15 is 0 Å². The van der Waals surface area contributed by atoms with Crippen LogP contribution in [0.4, 0.5) is 4.79 Å². The molecule has 1 unspecified atom stereocenters. The highest BCUT2D eigenvalue weighted by atomic mass is 16.6.